The minimum Gasteiger partial charge on any atom is -0.383 e. The maximum Gasteiger partial charge on any atom is 0.257 e. The highest BCUT2D eigenvalue weighted by Gasteiger charge is 2.33. The molecule has 1 aliphatic rings. The summed E-state index contributed by atoms with van der Waals surface area (Å²) >= 11 is 1.67. The third kappa shape index (κ3) is 2.54. The second-order valence-electron chi connectivity index (χ2n) is 5.05. The number of para-hydroxylation sites is 1. The summed E-state index contributed by atoms with van der Waals surface area (Å²) in [4.78, 5) is 15.8. The van der Waals surface area contributed by atoms with Crippen LogP contribution in [-0.2, 0) is 4.74 Å². The van der Waals surface area contributed by atoms with Crippen molar-refractivity contribution in [2.75, 3.05) is 25.6 Å². The number of nitrogens with zero attached hydrogens (tertiary/aromatic N) is 1. The van der Waals surface area contributed by atoms with Gasteiger partial charge in [-0.1, -0.05) is 12.1 Å². The molecule has 1 atom stereocenters. The Kier molecular flexibility index (Phi) is 3.94. The van der Waals surface area contributed by atoms with E-state index in [9.17, 15) is 4.79 Å². The molecule has 0 saturated heterocycles. The summed E-state index contributed by atoms with van der Waals surface area (Å²) in [6.07, 6.45) is -0.123. The largest absolute Gasteiger partial charge is 0.383 e. The highest BCUT2D eigenvalue weighted by atomic mass is 32.1. The standard InChI is InChI=1S/C16H18N2O2S/c1-11-7-10-21-14(11)15-17-13-6-4-3-5-12(13)16(19)18(15)8-9-20-2/h3-7,10,15,17H,8-9H2,1-2H3. The van der Waals surface area contributed by atoms with Gasteiger partial charge in [0.1, 0.15) is 6.17 Å². The highest BCUT2D eigenvalue weighted by molar-refractivity contribution is 7.10. The van der Waals surface area contributed by atoms with Crippen LogP contribution in [0.3, 0.4) is 0 Å². The van der Waals surface area contributed by atoms with Gasteiger partial charge < -0.3 is 15.0 Å². The first-order valence-corrected chi connectivity index (χ1v) is 7.80. The number of nitrogens with one attached hydrogen (secondary N) is 1. The number of benzene rings is 1. The molecular formula is C16H18N2O2S. The number of thiophene rings is 1. The number of carbonyl (C=O) groups is 1. The van der Waals surface area contributed by atoms with Crippen LogP contribution in [-0.4, -0.2) is 31.1 Å². The predicted octanol–water partition coefficient (Wildman–Crippen LogP) is 3.27. The minimum absolute atomic E-state index is 0.0548. The fourth-order valence-electron chi connectivity index (χ4n) is 2.58. The molecule has 2 heterocycles. The number of carbonyl (C=O) groups excluding carboxylic acids is 1. The lowest BCUT2D eigenvalue weighted by Gasteiger charge is -2.37. The third-order valence-electron chi connectivity index (χ3n) is 3.71. The molecule has 1 aliphatic heterocycles. The Morgan fingerprint density at radius 2 is 2.14 bits per heavy atom. The van der Waals surface area contributed by atoms with Gasteiger partial charge in [-0.15, -0.1) is 11.3 Å². The Hall–Kier alpha value is -1.85. The summed E-state index contributed by atoms with van der Waals surface area (Å²) in [6, 6.07) is 9.74. The Labute approximate surface area is 128 Å². The molecule has 0 radical (unpaired) electrons. The Bertz CT molecular complexity index is 653. The van der Waals surface area contributed by atoms with E-state index >= 15 is 0 Å². The first-order valence-electron chi connectivity index (χ1n) is 6.92. The number of fused-ring (bicyclic) bond motifs is 1. The number of amides is 1. The van der Waals surface area contributed by atoms with Crippen LogP contribution >= 0.6 is 11.3 Å². The van der Waals surface area contributed by atoms with Crippen molar-refractivity contribution in [2.45, 2.75) is 13.1 Å². The van der Waals surface area contributed by atoms with Gasteiger partial charge in [0.15, 0.2) is 0 Å². The van der Waals surface area contributed by atoms with E-state index in [-0.39, 0.29) is 12.1 Å². The zero-order valence-corrected chi connectivity index (χ0v) is 12.9. The molecule has 1 N–H and O–H groups in total. The molecule has 1 amide bonds. The molecule has 4 nitrogen and oxygen atoms in total. The van der Waals surface area contributed by atoms with Crippen molar-refractivity contribution in [3.63, 3.8) is 0 Å². The lowest BCUT2D eigenvalue weighted by atomic mass is 10.1. The normalized spacial score (nSPS) is 17.5. The van der Waals surface area contributed by atoms with Crippen molar-refractivity contribution in [1.82, 2.24) is 4.90 Å². The highest BCUT2D eigenvalue weighted by Crippen LogP contribution is 2.36. The van der Waals surface area contributed by atoms with Gasteiger partial charge in [0, 0.05) is 19.3 Å². The van der Waals surface area contributed by atoms with Crippen LogP contribution < -0.4 is 5.32 Å². The minimum atomic E-state index is -0.123. The lowest BCUT2D eigenvalue weighted by molar-refractivity contribution is 0.0612. The molecule has 0 saturated carbocycles. The van der Waals surface area contributed by atoms with Gasteiger partial charge in [-0.2, -0.15) is 0 Å². The molecule has 0 aliphatic carbocycles. The van der Waals surface area contributed by atoms with Crippen LogP contribution in [0.2, 0.25) is 0 Å². The number of rotatable bonds is 4. The van der Waals surface area contributed by atoms with Crippen LogP contribution in [0.25, 0.3) is 0 Å². The van der Waals surface area contributed by atoms with Gasteiger partial charge in [-0.3, -0.25) is 4.79 Å². The fraction of sp³-hybridized carbons (Fsp3) is 0.312. The van der Waals surface area contributed by atoms with Crippen molar-refractivity contribution < 1.29 is 9.53 Å². The molecule has 110 valence electrons. The smallest absolute Gasteiger partial charge is 0.257 e. The van der Waals surface area contributed by atoms with E-state index in [1.165, 1.54) is 10.4 Å². The average Bonchev–Trinajstić information content (AvgIpc) is 2.92. The summed E-state index contributed by atoms with van der Waals surface area (Å²) in [5, 5.41) is 5.55. The summed E-state index contributed by atoms with van der Waals surface area (Å²) in [5.41, 5.74) is 2.82. The molecule has 2 aromatic rings. The van der Waals surface area contributed by atoms with Crippen molar-refractivity contribution in [2.24, 2.45) is 0 Å². The fourth-order valence-corrected chi connectivity index (χ4v) is 3.57. The topological polar surface area (TPSA) is 41.6 Å². The van der Waals surface area contributed by atoms with Crippen LogP contribution in [0.15, 0.2) is 35.7 Å². The quantitative estimate of drug-likeness (QED) is 0.942. The van der Waals surface area contributed by atoms with E-state index in [0.29, 0.717) is 13.2 Å². The lowest BCUT2D eigenvalue weighted by Crippen LogP contribution is -2.44. The molecule has 0 spiro atoms. The van der Waals surface area contributed by atoms with Gasteiger partial charge in [0.05, 0.1) is 17.0 Å². The molecule has 1 aromatic heterocycles. The van der Waals surface area contributed by atoms with Crippen LogP contribution in [0.4, 0.5) is 5.69 Å². The van der Waals surface area contributed by atoms with Crippen molar-refractivity contribution in [3.8, 4) is 0 Å². The van der Waals surface area contributed by atoms with Gasteiger partial charge in [0.25, 0.3) is 5.91 Å². The first kappa shape index (κ1) is 14.1. The van der Waals surface area contributed by atoms with Crippen LogP contribution in [0.5, 0.6) is 0 Å². The molecule has 0 fully saturated rings. The zero-order chi connectivity index (χ0) is 14.8. The molecule has 3 rings (SSSR count). The number of ether oxygens (including phenoxy) is 1. The van der Waals surface area contributed by atoms with Gasteiger partial charge in [0.2, 0.25) is 0 Å². The Morgan fingerprint density at radius 3 is 2.86 bits per heavy atom. The number of methoxy groups -OCH3 is 1. The summed E-state index contributed by atoms with van der Waals surface area (Å²) in [7, 11) is 1.65. The summed E-state index contributed by atoms with van der Waals surface area (Å²) in [5.74, 6) is 0.0548. The molecule has 0 bridgehead atoms. The van der Waals surface area contributed by atoms with E-state index in [0.717, 1.165) is 11.3 Å². The second kappa shape index (κ2) is 5.87. The average molecular weight is 302 g/mol. The van der Waals surface area contributed by atoms with E-state index in [4.69, 9.17) is 4.74 Å². The van der Waals surface area contributed by atoms with Crippen LogP contribution in [0, 0.1) is 6.92 Å². The predicted molar refractivity (Wildman–Crippen MR) is 84.8 cm³/mol. The zero-order valence-electron chi connectivity index (χ0n) is 12.1. The van der Waals surface area contributed by atoms with E-state index in [2.05, 4.69) is 23.7 Å². The Balaban J connectivity index is 2.01. The monoisotopic (exact) mass is 302 g/mol. The second-order valence-corrected chi connectivity index (χ2v) is 6.00. The molecule has 1 unspecified atom stereocenters. The van der Waals surface area contributed by atoms with E-state index in [1.54, 1.807) is 18.4 Å². The van der Waals surface area contributed by atoms with Crippen molar-refractivity contribution in [3.05, 3.63) is 51.7 Å². The van der Waals surface area contributed by atoms with Crippen molar-refractivity contribution >= 4 is 22.9 Å². The number of hydrogen-bond acceptors (Lipinski definition) is 4. The molecule has 21 heavy (non-hydrogen) atoms. The van der Waals surface area contributed by atoms with Gasteiger partial charge >= 0.3 is 0 Å². The van der Waals surface area contributed by atoms with E-state index in [1.807, 2.05) is 29.2 Å². The summed E-state index contributed by atoms with van der Waals surface area (Å²) in [6.45, 7) is 3.17. The third-order valence-corrected chi connectivity index (χ3v) is 4.78. The SMILES string of the molecule is COCCN1C(=O)c2ccccc2NC1c1sccc1C. The van der Waals surface area contributed by atoms with Crippen molar-refractivity contribution in [1.29, 1.82) is 0 Å². The Morgan fingerprint density at radius 1 is 1.33 bits per heavy atom. The molecular weight excluding hydrogens is 284 g/mol. The van der Waals surface area contributed by atoms with Gasteiger partial charge in [-0.25, -0.2) is 0 Å². The van der Waals surface area contributed by atoms with Crippen LogP contribution in [0.1, 0.15) is 27.0 Å². The number of hydrogen-bond donors (Lipinski definition) is 1. The molecule has 1 aromatic carbocycles. The maximum absolute atomic E-state index is 12.8. The molecule has 5 heteroatoms. The number of aryl methyl sites for hydroxylation is 1. The maximum atomic E-state index is 12.8. The number of anilines is 1. The summed E-state index contributed by atoms with van der Waals surface area (Å²) < 4.78 is 5.16. The first-order chi connectivity index (χ1) is 10.2. The van der Waals surface area contributed by atoms with E-state index < -0.39 is 0 Å². The van der Waals surface area contributed by atoms with Gasteiger partial charge in [-0.05, 0) is 36.1 Å².